The number of nitrogens with zero attached hydrogens (tertiary/aromatic N) is 4. The van der Waals surface area contributed by atoms with E-state index in [0.717, 1.165) is 17.5 Å². The number of halogens is 3. The van der Waals surface area contributed by atoms with Gasteiger partial charge in [-0.3, -0.25) is 9.79 Å². The molecule has 2 aliphatic heterocycles. The number of alkyl halides is 3. The molecule has 7 nitrogen and oxygen atoms in total. The highest BCUT2D eigenvalue weighted by Crippen LogP contribution is 2.37. The third-order valence-corrected chi connectivity index (χ3v) is 6.12. The molecule has 10 heteroatoms. The topological polar surface area (TPSA) is 82.5 Å². The molecule has 34 heavy (non-hydrogen) atoms. The molecule has 3 heterocycles. The lowest BCUT2D eigenvalue weighted by Gasteiger charge is -2.31. The van der Waals surface area contributed by atoms with E-state index >= 15 is 0 Å². The summed E-state index contributed by atoms with van der Waals surface area (Å²) in [6, 6.07) is 7.13. The van der Waals surface area contributed by atoms with Crippen LogP contribution in [0.5, 0.6) is 0 Å². The molecule has 0 unspecified atom stereocenters. The van der Waals surface area contributed by atoms with Gasteiger partial charge in [-0.1, -0.05) is 18.2 Å². The number of aliphatic imine (C=N–C) groups is 1. The molecule has 0 aliphatic carbocycles. The van der Waals surface area contributed by atoms with E-state index in [1.54, 1.807) is 17.0 Å². The van der Waals surface area contributed by atoms with Crippen molar-refractivity contribution in [2.75, 3.05) is 25.0 Å². The van der Waals surface area contributed by atoms with Gasteiger partial charge in [-0.15, -0.1) is 0 Å². The van der Waals surface area contributed by atoms with Crippen molar-refractivity contribution in [1.29, 1.82) is 0 Å². The van der Waals surface area contributed by atoms with Crippen LogP contribution in [-0.2, 0) is 11.0 Å². The van der Waals surface area contributed by atoms with Gasteiger partial charge in [-0.25, -0.2) is 9.97 Å². The van der Waals surface area contributed by atoms with E-state index in [9.17, 15) is 18.0 Å². The number of carbonyl (C=O) groups is 1. The SMILES string of the molecule is CC(=O)N1CCC(c2cc(NC3=C(C)CN=C(C)N3)nc(-c3ccccc3C(F)(F)F)n2)CC1. The van der Waals surface area contributed by atoms with E-state index in [2.05, 4.69) is 25.6 Å². The molecule has 0 spiro atoms. The highest BCUT2D eigenvalue weighted by Gasteiger charge is 2.34. The number of carbonyl (C=O) groups excluding carboxylic acids is 1. The van der Waals surface area contributed by atoms with Gasteiger partial charge in [0.1, 0.15) is 11.6 Å². The van der Waals surface area contributed by atoms with Crippen LogP contribution in [0, 0.1) is 0 Å². The van der Waals surface area contributed by atoms with Gasteiger partial charge < -0.3 is 15.5 Å². The van der Waals surface area contributed by atoms with Crippen molar-refractivity contribution in [2.45, 2.75) is 45.7 Å². The van der Waals surface area contributed by atoms with Crippen LogP contribution < -0.4 is 10.6 Å². The number of likely N-dealkylation sites (tertiary alicyclic amines) is 1. The molecule has 0 saturated carbocycles. The van der Waals surface area contributed by atoms with Crippen molar-refractivity contribution in [3.63, 3.8) is 0 Å². The first-order chi connectivity index (χ1) is 16.1. The summed E-state index contributed by atoms with van der Waals surface area (Å²) in [5.74, 6) is 1.89. The van der Waals surface area contributed by atoms with E-state index in [0.29, 0.717) is 49.8 Å². The van der Waals surface area contributed by atoms with E-state index in [4.69, 9.17) is 0 Å². The number of benzene rings is 1. The summed E-state index contributed by atoms with van der Waals surface area (Å²) in [7, 11) is 0. The molecular weight excluding hydrogens is 445 g/mol. The number of anilines is 1. The van der Waals surface area contributed by atoms with Gasteiger partial charge in [0.15, 0.2) is 5.82 Å². The third kappa shape index (κ3) is 5.21. The predicted octanol–water partition coefficient (Wildman–Crippen LogP) is 4.55. The molecule has 0 atom stereocenters. The molecule has 1 aromatic carbocycles. The lowest BCUT2D eigenvalue weighted by Crippen LogP contribution is -2.36. The summed E-state index contributed by atoms with van der Waals surface area (Å²) in [5, 5.41) is 6.39. The molecule has 1 amide bonds. The maximum absolute atomic E-state index is 13.7. The van der Waals surface area contributed by atoms with E-state index in [1.807, 2.05) is 13.8 Å². The second-order valence-electron chi connectivity index (χ2n) is 8.63. The maximum atomic E-state index is 13.7. The normalized spacial score (nSPS) is 17.4. The van der Waals surface area contributed by atoms with Crippen molar-refractivity contribution < 1.29 is 18.0 Å². The van der Waals surface area contributed by atoms with Gasteiger partial charge in [0.25, 0.3) is 0 Å². The van der Waals surface area contributed by atoms with Crippen molar-refractivity contribution in [1.82, 2.24) is 20.2 Å². The fourth-order valence-electron chi connectivity index (χ4n) is 4.18. The molecule has 1 saturated heterocycles. The minimum atomic E-state index is -4.53. The fraction of sp³-hybridized carbons (Fsp3) is 0.417. The number of aromatic nitrogens is 2. The van der Waals surface area contributed by atoms with Crippen LogP contribution in [0.4, 0.5) is 19.0 Å². The van der Waals surface area contributed by atoms with E-state index < -0.39 is 11.7 Å². The van der Waals surface area contributed by atoms with Gasteiger partial charge in [0, 0.05) is 43.3 Å². The van der Waals surface area contributed by atoms with E-state index in [1.165, 1.54) is 19.1 Å². The van der Waals surface area contributed by atoms with E-state index in [-0.39, 0.29) is 23.2 Å². The molecule has 2 N–H and O–H groups in total. The summed E-state index contributed by atoms with van der Waals surface area (Å²) in [6.45, 7) is 6.99. The first-order valence-corrected chi connectivity index (χ1v) is 11.2. The Labute approximate surface area is 196 Å². The number of nitrogens with one attached hydrogen (secondary N) is 2. The minimum absolute atomic E-state index is 0.00800. The highest BCUT2D eigenvalue weighted by atomic mass is 19.4. The number of amides is 1. The van der Waals surface area contributed by atoms with Crippen LogP contribution in [-0.4, -0.2) is 46.2 Å². The summed E-state index contributed by atoms with van der Waals surface area (Å²) >= 11 is 0. The second-order valence-corrected chi connectivity index (χ2v) is 8.63. The molecule has 180 valence electrons. The van der Waals surface area contributed by atoms with Gasteiger partial charge in [0.2, 0.25) is 5.91 Å². The molecule has 0 radical (unpaired) electrons. The molecule has 4 rings (SSSR count). The molecule has 1 aromatic heterocycles. The van der Waals surface area contributed by atoms with Crippen molar-refractivity contribution in [2.24, 2.45) is 4.99 Å². The third-order valence-electron chi connectivity index (χ3n) is 6.12. The molecule has 0 bridgehead atoms. The first-order valence-electron chi connectivity index (χ1n) is 11.2. The smallest absolute Gasteiger partial charge is 0.343 e. The largest absolute Gasteiger partial charge is 0.417 e. The molecule has 1 fully saturated rings. The van der Waals surface area contributed by atoms with Gasteiger partial charge >= 0.3 is 6.18 Å². The fourth-order valence-corrected chi connectivity index (χ4v) is 4.18. The summed E-state index contributed by atoms with van der Waals surface area (Å²) in [6.07, 6.45) is -3.17. The quantitative estimate of drug-likeness (QED) is 0.682. The van der Waals surface area contributed by atoms with Crippen LogP contribution in [0.1, 0.15) is 50.8 Å². The lowest BCUT2D eigenvalue weighted by atomic mass is 9.93. The summed E-state index contributed by atoms with van der Waals surface area (Å²) in [4.78, 5) is 26.9. The van der Waals surface area contributed by atoms with Crippen molar-refractivity contribution in [3.8, 4) is 11.4 Å². The van der Waals surface area contributed by atoms with Gasteiger partial charge in [-0.2, -0.15) is 13.2 Å². The molecule has 2 aliphatic rings. The average molecular weight is 473 g/mol. The average Bonchev–Trinajstić information content (AvgIpc) is 2.81. The van der Waals surface area contributed by atoms with Crippen LogP contribution >= 0.6 is 0 Å². The highest BCUT2D eigenvalue weighted by molar-refractivity contribution is 5.83. The Kier molecular flexibility index (Phi) is 6.58. The zero-order chi connectivity index (χ0) is 24.5. The zero-order valence-corrected chi connectivity index (χ0v) is 19.3. The Balaban J connectivity index is 1.74. The first kappa shape index (κ1) is 23.7. The molecular formula is C24H27F3N6O. The number of hydrogen-bond donors (Lipinski definition) is 2. The Morgan fingerprint density at radius 1 is 1.15 bits per heavy atom. The monoisotopic (exact) mass is 472 g/mol. The number of amidine groups is 1. The van der Waals surface area contributed by atoms with Crippen LogP contribution in [0.15, 0.2) is 46.7 Å². The van der Waals surface area contributed by atoms with Crippen molar-refractivity contribution in [3.05, 3.63) is 53.0 Å². The van der Waals surface area contributed by atoms with Gasteiger partial charge in [0.05, 0.1) is 17.9 Å². The maximum Gasteiger partial charge on any atom is 0.417 e. The standard InChI is InChI=1S/C24H27F3N6O/c1-14-13-28-15(2)29-22(14)31-21-12-20(17-8-10-33(11-9-17)16(3)34)30-23(32-21)18-6-4-5-7-19(18)24(25,26)27/h4-7,12,17H,8-11,13H2,1-3H3,(H,28,29)(H,30,31,32). The number of hydrogen-bond acceptors (Lipinski definition) is 6. The van der Waals surface area contributed by atoms with Crippen LogP contribution in [0.2, 0.25) is 0 Å². The summed E-state index contributed by atoms with van der Waals surface area (Å²) < 4.78 is 41.2. The second kappa shape index (κ2) is 9.44. The minimum Gasteiger partial charge on any atom is -0.343 e. The Bertz CT molecular complexity index is 1150. The Hall–Kier alpha value is -3.43. The lowest BCUT2D eigenvalue weighted by molar-refractivity contribution is -0.137. The van der Waals surface area contributed by atoms with Gasteiger partial charge in [-0.05, 0) is 38.3 Å². The Morgan fingerprint density at radius 2 is 1.85 bits per heavy atom. The zero-order valence-electron chi connectivity index (χ0n) is 19.3. The number of piperidine rings is 1. The summed E-state index contributed by atoms with van der Waals surface area (Å²) in [5.41, 5.74) is 0.768. The van der Waals surface area contributed by atoms with Crippen molar-refractivity contribution >= 4 is 17.6 Å². The number of rotatable bonds is 4. The Morgan fingerprint density at radius 3 is 2.53 bits per heavy atom. The molecule has 2 aromatic rings. The van der Waals surface area contributed by atoms with Crippen LogP contribution in [0.3, 0.4) is 0 Å². The predicted molar refractivity (Wildman–Crippen MR) is 124 cm³/mol. The van der Waals surface area contributed by atoms with Crippen LogP contribution in [0.25, 0.3) is 11.4 Å².